The van der Waals surface area contributed by atoms with E-state index < -0.39 is 0 Å². The molecule has 0 aliphatic carbocycles. The summed E-state index contributed by atoms with van der Waals surface area (Å²) in [6.45, 7) is 12.0. The van der Waals surface area contributed by atoms with Gasteiger partial charge in [0.15, 0.2) is 12.3 Å². The van der Waals surface area contributed by atoms with Crippen LogP contribution >= 0.6 is 0 Å². The molecule has 0 saturated carbocycles. The normalized spacial score (nSPS) is 16.4. The molecule has 0 saturated heterocycles. The Balaban J connectivity index is 1.45. The van der Waals surface area contributed by atoms with Gasteiger partial charge in [-0.05, 0) is 75.7 Å². The van der Waals surface area contributed by atoms with Crippen LogP contribution in [0.1, 0.15) is 31.9 Å². The first-order valence-electron chi connectivity index (χ1n) is 13.5. The smallest absolute Gasteiger partial charge is 0.278 e. The van der Waals surface area contributed by atoms with Crippen LogP contribution in [0, 0.1) is 0 Å². The number of rotatable bonds is 6. The lowest BCUT2D eigenvalue weighted by Gasteiger charge is -2.41. The fraction of sp³-hybridized carbons (Fsp3) is 0.333. The van der Waals surface area contributed by atoms with E-state index in [0.29, 0.717) is 40.7 Å². The van der Waals surface area contributed by atoms with Gasteiger partial charge in [0.25, 0.3) is 11.5 Å². The number of likely N-dealkylation sites (N-methyl/N-ethyl adjacent to an activating group) is 2. The molecule has 2 aromatic carbocycles. The number of amides is 1. The van der Waals surface area contributed by atoms with Crippen molar-refractivity contribution < 1.29 is 9.53 Å². The lowest BCUT2D eigenvalue weighted by Crippen LogP contribution is -2.43. The number of ether oxygens (including phenoxy) is 1. The highest BCUT2D eigenvalue weighted by atomic mass is 16.5. The number of hydrogen-bond acceptors (Lipinski definition) is 7. The maximum atomic E-state index is 13.4. The van der Waals surface area contributed by atoms with Gasteiger partial charge >= 0.3 is 0 Å². The van der Waals surface area contributed by atoms with E-state index in [2.05, 4.69) is 54.8 Å². The molecule has 0 bridgehead atoms. The van der Waals surface area contributed by atoms with Crippen LogP contribution in [-0.4, -0.2) is 56.9 Å². The molecule has 2 aliphatic heterocycles. The second-order valence-electron chi connectivity index (χ2n) is 10.7. The van der Waals surface area contributed by atoms with Crippen molar-refractivity contribution in [3.63, 3.8) is 0 Å². The summed E-state index contributed by atoms with van der Waals surface area (Å²) in [5.74, 6) is 0.893. The maximum Gasteiger partial charge on any atom is 0.278 e. The summed E-state index contributed by atoms with van der Waals surface area (Å²) < 4.78 is 8.97. The molecular weight excluding hydrogens is 506 g/mol. The first-order chi connectivity index (χ1) is 19.2. The summed E-state index contributed by atoms with van der Waals surface area (Å²) in [5.41, 5.74) is 4.96. The highest BCUT2D eigenvalue weighted by Gasteiger charge is 2.32. The van der Waals surface area contributed by atoms with Crippen molar-refractivity contribution in [3.8, 4) is 11.4 Å². The second kappa shape index (κ2) is 9.63. The van der Waals surface area contributed by atoms with Gasteiger partial charge in [0.2, 0.25) is 5.95 Å². The number of allylic oxidation sites excluding steroid dienone is 1. The molecule has 10 nitrogen and oxygen atoms in total. The van der Waals surface area contributed by atoms with E-state index in [0.717, 1.165) is 18.7 Å². The third-order valence-corrected chi connectivity index (χ3v) is 8.12. The van der Waals surface area contributed by atoms with Crippen LogP contribution in [0.25, 0.3) is 16.7 Å². The van der Waals surface area contributed by atoms with Crippen LogP contribution in [0.15, 0.2) is 60.0 Å². The van der Waals surface area contributed by atoms with E-state index >= 15 is 0 Å². The number of hydrogen-bond donors (Lipinski definition) is 1. The molecule has 40 heavy (non-hydrogen) atoms. The average Bonchev–Trinajstić information content (AvgIpc) is 3.21. The van der Waals surface area contributed by atoms with E-state index in [1.165, 1.54) is 11.1 Å². The number of fused-ring (bicyclic) bond motifs is 3. The Bertz CT molecular complexity index is 1720. The van der Waals surface area contributed by atoms with Gasteiger partial charge in [-0.2, -0.15) is 4.98 Å². The topological polar surface area (TPSA) is 97.5 Å². The Labute approximate surface area is 232 Å². The summed E-state index contributed by atoms with van der Waals surface area (Å²) in [7, 11) is 2.15. The predicted molar refractivity (Wildman–Crippen MR) is 156 cm³/mol. The number of benzene rings is 2. The highest BCUT2D eigenvalue weighted by molar-refractivity contribution is 5.98. The minimum Gasteiger partial charge on any atom is -0.482 e. The van der Waals surface area contributed by atoms with Gasteiger partial charge in [-0.25, -0.2) is 14.3 Å². The summed E-state index contributed by atoms with van der Waals surface area (Å²) in [6, 6.07) is 11.9. The highest BCUT2D eigenvalue weighted by Crippen LogP contribution is 2.37. The summed E-state index contributed by atoms with van der Waals surface area (Å²) in [4.78, 5) is 39.2. The first-order valence-corrected chi connectivity index (χ1v) is 13.5. The number of nitrogens with one attached hydrogen (secondary N) is 1. The second-order valence-corrected chi connectivity index (χ2v) is 10.7. The van der Waals surface area contributed by atoms with Crippen molar-refractivity contribution >= 4 is 34.3 Å². The Morgan fingerprint density at radius 2 is 2.00 bits per heavy atom. The predicted octanol–water partition coefficient (Wildman–Crippen LogP) is 3.98. The fourth-order valence-electron chi connectivity index (χ4n) is 5.65. The van der Waals surface area contributed by atoms with Gasteiger partial charge in [0.05, 0.1) is 17.9 Å². The minimum absolute atomic E-state index is 0.00618. The quantitative estimate of drug-likeness (QED) is 0.370. The van der Waals surface area contributed by atoms with Crippen molar-refractivity contribution in [2.75, 3.05) is 37.0 Å². The van der Waals surface area contributed by atoms with Crippen molar-refractivity contribution in [1.29, 1.82) is 0 Å². The van der Waals surface area contributed by atoms with Crippen molar-refractivity contribution in [1.82, 2.24) is 24.2 Å². The van der Waals surface area contributed by atoms with Crippen molar-refractivity contribution in [2.24, 2.45) is 0 Å². The van der Waals surface area contributed by atoms with Gasteiger partial charge in [-0.3, -0.25) is 14.5 Å². The largest absolute Gasteiger partial charge is 0.482 e. The summed E-state index contributed by atoms with van der Waals surface area (Å²) in [5, 5.41) is 3.74. The molecule has 2 aliphatic rings. The number of carbonyl (C=O) groups excluding carboxylic acids is 1. The van der Waals surface area contributed by atoms with Crippen LogP contribution in [0.2, 0.25) is 0 Å². The Hall–Kier alpha value is -4.44. The van der Waals surface area contributed by atoms with Gasteiger partial charge in [0, 0.05) is 30.5 Å². The molecular formula is C30H33N7O3. The molecule has 206 valence electrons. The Kier molecular flexibility index (Phi) is 6.22. The molecule has 2 aromatic heterocycles. The number of anilines is 3. The van der Waals surface area contributed by atoms with Crippen LogP contribution < -0.4 is 20.5 Å². The molecule has 1 amide bonds. The van der Waals surface area contributed by atoms with Gasteiger partial charge in [-0.1, -0.05) is 12.1 Å². The first kappa shape index (κ1) is 25.8. The van der Waals surface area contributed by atoms with Gasteiger partial charge in [-0.15, -0.1) is 6.58 Å². The number of aromatic nitrogens is 4. The van der Waals surface area contributed by atoms with E-state index in [9.17, 15) is 9.59 Å². The van der Waals surface area contributed by atoms with E-state index in [-0.39, 0.29) is 30.2 Å². The average molecular weight is 540 g/mol. The third kappa shape index (κ3) is 4.06. The summed E-state index contributed by atoms with van der Waals surface area (Å²) >= 11 is 0. The lowest BCUT2D eigenvalue weighted by molar-refractivity contribution is -0.121. The zero-order chi connectivity index (χ0) is 28.2. The van der Waals surface area contributed by atoms with Crippen LogP contribution in [0.4, 0.5) is 17.3 Å². The monoisotopic (exact) mass is 539 g/mol. The third-order valence-electron chi connectivity index (χ3n) is 8.12. The van der Waals surface area contributed by atoms with E-state index in [1.807, 2.05) is 31.2 Å². The molecule has 1 N–H and O–H groups in total. The van der Waals surface area contributed by atoms with Gasteiger partial charge in [0.1, 0.15) is 11.1 Å². The number of nitrogens with zero attached hydrogens (tertiary/aromatic N) is 6. The molecule has 4 aromatic rings. The summed E-state index contributed by atoms with van der Waals surface area (Å²) in [6.07, 6.45) is 4.23. The molecule has 4 heterocycles. The van der Waals surface area contributed by atoms with E-state index in [1.54, 1.807) is 26.5 Å². The molecule has 10 heteroatoms. The Morgan fingerprint density at radius 1 is 1.18 bits per heavy atom. The van der Waals surface area contributed by atoms with Gasteiger partial charge < -0.3 is 15.0 Å². The molecule has 0 spiro atoms. The molecule has 0 fully saturated rings. The Morgan fingerprint density at radius 3 is 2.77 bits per heavy atom. The van der Waals surface area contributed by atoms with Crippen LogP contribution in [0.3, 0.4) is 0 Å². The molecule has 0 atom stereocenters. The molecule has 0 radical (unpaired) electrons. The van der Waals surface area contributed by atoms with E-state index in [4.69, 9.17) is 9.72 Å². The van der Waals surface area contributed by atoms with Crippen LogP contribution in [-0.2, 0) is 23.3 Å². The minimum atomic E-state index is -0.225. The van der Waals surface area contributed by atoms with Crippen molar-refractivity contribution in [2.45, 2.75) is 39.3 Å². The fourth-order valence-corrected chi connectivity index (χ4v) is 5.65. The SMILES string of the molecule is C=CCn1c(=O)c2cnc(Nc3ccc4c(c3)C(C)(C)N(C)CC4)nc2n1-c1ccc2c(c1)N(CC)C(=O)CO2. The number of carbonyl (C=O) groups is 1. The maximum absolute atomic E-state index is 13.4. The lowest BCUT2D eigenvalue weighted by atomic mass is 9.83. The zero-order valence-corrected chi connectivity index (χ0v) is 23.3. The van der Waals surface area contributed by atoms with Crippen molar-refractivity contribution in [3.05, 3.63) is 76.7 Å². The van der Waals surface area contributed by atoms with Crippen LogP contribution in [0.5, 0.6) is 5.75 Å². The molecule has 0 unspecified atom stereocenters. The molecule has 6 rings (SSSR count). The standard InChI is InChI=1S/C30H33N7O3/c1-6-13-36-28(39)22-17-31-29(32-20-9-8-19-12-14-34(5)30(3,4)23(19)15-20)33-27(22)37(36)21-10-11-25-24(16-21)35(7-2)26(38)18-40-25/h6,8-11,15-17H,1,7,12-14,18H2,2-5H3,(H,31,32,33). The zero-order valence-electron chi connectivity index (χ0n) is 23.3.